The highest BCUT2D eigenvalue weighted by molar-refractivity contribution is 6.31. The number of aromatic nitrogens is 2. The maximum absolute atomic E-state index is 12.9. The van der Waals surface area contributed by atoms with Crippen molar-refractivity contribution < 1.29 is 9.18 Å². The average molecular weight is 357 g/mol. The molecule has 1 aromatic heterocycles. The van der Waals surface area contributed by atoms with Crippen LogP contribution in [-0.2, 0) is 6.54 Å². The van der Waals surface area contributed by atoms with Gasteiger partial charge in [0.1, 0.15) is 5.82 Å². The van der Waals surface area contributed by atoms with Gasteiger partial charge in [-0.05, 0) is 35.9 Å². The molecule has 0 fully saturated rings. The van der Waals surface area contributed by atoms with Crippen LogP contribution in [0.25, 0.3) is 0 Å². The molecule has 0 spiro atoms. The largest absolute Gasteiger partial charge is 0.350 e. The van der Waals surface area contributed by atoms with Crippen molar-refractivity contribution >= 4 is 29.1 Å². The highest BCUT2D eigenvalue weighted by Crippen LogP contribution is 2.16. The number of hydrogen-bond donors (Lipinski definition) is 2. The maximum Gasteiger partial charge on any atom is 0.258 e. The fourth-order valence-electron chi connectivity index (χ4n) is 2.09. The number of anilines is 2. The summed E-state index contributed by atoms with van der Waals surface area (Å²) in [5.41, 5.74) is 1.71. The number of benzene rings is 2. The molecule has 3 rings (SSSR count). The Bertz CT molecular complexity index is 869. The maximum atomic E-state index is 12.9. The molecular weight excluding hydrogens is 343 g/mol. The molecule has 0 saturated carbocycles. The zero-order valence-corrected chi connectivity index (χ0v) is 13.8. The fourth-order valence-corrected chi connectivity index (χ4v) is 2.29. The lowest BCUT2D eigenvalue weighted by molar-refractivity contribution is 0.102. The van der Waals surface area contributed by atoms with Gasteiger partial charge >= 0.3 is 0 Å². The minimum Gasteiger partial charge on any atom is -0.350 e. The van der Waals surface area contributed by atoms with Crippen LogP contribution in [0.4, 0.5) is 16.0 Å². The summed E-state index contributed by atoms with van der Waals surface area (Å²) in [5.74, 6) is -0.349. The third-order valence-corrected chi connectivity index (χ3v) is 3.78. The molecule has 5 nitrogen and oxygen atoms in total. The van der Waals surface area contributed by atoms with Gasteiger partial charge in [0.25, 0.3) is 5.91 Å². The Morgan fingerprint density at radius 2 is 1.72 bits per heavy atom. The lowest BCUT2D eigenvalue weighted by Crippen LogP contribution is -2.13. The van der Waals surface area contributed by atoms with Crippen molar-refractivity contribution in [2.24, 2.45) is 0 Å². The van der Waals surface area contributed by atoms with Gasteiger partial charge in [-0.2, -0.15) is 0 Å². The van der Waals surface area contributed by atoms with Crippen molar-refractivity contribution in [1.82, 2.24) is 9.97 Å². The van der Waals surface area contributed by atoms with E-state index in [1.807, 2.05) is 24.3 Å². The quantitative estimate of drug-likeness (QED) is 0.721. The Morgan fingerprint density at radius 1 is 1.04 bits per heavy atom. The molecule has 0 atom stereocenters. The summed E-state index contributed by atoms with van der Waals surface area (Å²) in [7, 11) is 0. The minimum atomic E-state index is -0.371. The van der Waals surface area contributed by atoms with E-state index in [1.54, 1.807) is 0 Å². The van der Waals surface area contributed by atoms with Gasteiger partial charge in [0.15, 0.2) is 0 Å². The molecule has 2 N–H and O–H groups in total. The van der Waals surface area contributed by atoms with Crippen LogP contribution < -0.4 is 10.6 Å². The highest BCUT2D eigenvalue weighted by atomic mass is 35.5. The van der Waals surface area contributed by atoms with E-state index in [1.165, 1.54) is 36.7 Å². The monoisotopic (exact) mass is 356 g/mol. The van der Waals surface area contributed by atoms with Crippen molar-refractivity contribution in [1.29, 1.82) is 0 Å². The molecule has 1 heterocycles. The van der Waals surface area contributed by atoms with Crippen molar-refractivity contribution in [3.8, 4) is 0 Å². The van der Waals surface area contributed by atoms with Crippen LogP contribution in [0.2, 0.25) is 5.02 Å². The Kier molecular flexibility index (Phi) is 5.20. The molecule has 0 aliphatic carbocycles. The summed E-state index contributed by atoms with van der Waals surface area (Å²) < 4.78 is 12.9. The van der Waals surface area contributed by atoms with Crippen LogP contribution in [0, 0.1) is 5.82 Å². The number of nitrogens with zero attached hydrogens (tertiary/aromatic N) is 2. The third-order valence-electron chi connectivity index (χ3n) is 3.41. The Balaban J connectivity index is 1.60. The molecule has 0 bridgehead atoms. The number of nitrogens with one attached hydrogen (secondary N) is 2. The van der Waals surface area contributed by atoms with E-state index in [0.717, 1.165) is 5.56 Å². The summed E-state index contributed by atoms with van der Waals surface area (Å²) in [5, 5.41) is 6.35. The second kappa shape index (κ2) is 7.72. The van der Waals surface area contributed by atoms with Crippen LogP contribution in [0.3, 0.4) is 0 Å². The van der Waals surface area contributed by atoms with Gasteiger partial charge in [0.2, 0.25) is 5.95 Å². The summed E-state index contributed by atoms with van der Waals surface area (Å²) >= 11 is 6.09. The van der Waals surface area contributed by atoms with E-state index < -0.39 is 0 Å². The molecule has 0 radical (unpaired) electrons. The molecule has 0 aliphatic heterocycles. The van der Waals surface area contributed by atoms with Gasteiger partial charge < -0.3 is 10.6 Å². The standard InChI is InChI=1S/C18H14ClFN4O/c19-16-4-2-1-3-12(16)9-21-18-22-10-13(11-23-18)17(25)24-15-7-5-14(20)6-8-15/h1-8,10-11H,9H2,(H,24,25)(H,21,22,23). The third kappa shape index (κ3) is 4.51. The normalized spacial score (nSPS) is 10.3. The first-order chi connectivity index (χ1) is 12.1. The predicted molar refractivity (Wildman–Crippen MR) is 95.2 cm³/mol. The second-order valence-electron chi connectivity index (χ2n) is 5.20. The van der Waals surface area contributed by atoms with Crippen molar-refractivity contribution in [3.05, 3.63) is 82.9 Å². The molecule has 3 aromatic rings. The number of amides is 1. The first-order valence-corrected chi connectivity index (χ1v) is 7.86. The zero-order valence-electron chi connectivity index (χ0n) is 13.0. The lowest BCUT2D eigenvalue weighted by Gasteiger charge is -2.08. The Labute approximate surface area is 148 Å². The zero-order chi connectivity index (χ0) is 17.6. The van der Waals surface area contributed by atoms with Gasteiger partial charge in [-0.1, -0.05) is 29.8 Å². The van der Waals surface area contributed by atoms with Crippen LogP contribution in [0.1, 0.15) is 15.9 Å². The van der Waals surface area contributed by atoms with Crippen LogP contribution >= 0.6 is 11.6 Å². The number of hydrogen-bond acceptors (Lipinski definition) is 4. The minimum absolute atomic E-state index is 0.299. The summed E-state index contributed by atoms with van der Waals surface area (Å²) in [6, 6.07) is 13.0. The Hall–Kier alpha value is -2.99. The van der Waals surface area contributed by atoms with Crippen molar-refractivity contribution in [2.45, 2.75) is 6.54 Å². The van der Waals surface area contributed by atoms with E-state index in [0.29, 0.717) is 28.8 Å². The molecule has 0 saturated heterocycles. The summed E-state index contributed by atoms with van der Waals surface area (Å²) in [6.07, 6.45) is 2.83. The van der Waals surface area contributed by atoms with E-state index in [4.69, 9.17) is 11.6 Å². The molecule has 2 aromatic carbocycles. The number of carbonyl (C=O) groups excluding carboxylic acids is 1. The van der Waals surface area contributed by atoms with Crippen LogP contribution in [-0.4, -0.2) is 15.9 Å². The molecule has 7 heteroatoms. The van der Waals surface area contributed by atoms with Gasteiger partial charge in [-0.15, -0.1) is 0 Å². The predicted octanol–water partition coefficient (Wildman–Crippen LogP) is 4.13. The van der Waals surface area contributed by atoms with Gasteiger partial charge in [0, 0.05) is 29.6 Å². The van der Waals surface area contributed by atoms with E-state index in [9.17, 15) is 9.18 Å². The van der Waals surface area contributed by atoms with Gasteiger partial charge in [-0.25, -0.2) is 14.4 Å². The van der Waals surface area contributed by atoms with Crippen molar-refractivity contribution in [3.63, 3.8) is 0 Å². The van der Waals surface area contributed by atoms with Gasteiger partial charge in [-0.3, -0.25) is 4.79 Å². The lowest BCUT2D eigenvalue weighted by atomic mass is 10.2. The summed E-state index contributed by atoms with van der Waals surface area (Å²) in [4.78, 5) is 20.3. The van der Waals surface area contributed by atoms with E-state index in [-0.39, 0.29) is 11.7 Å². The fraction of sp³-hybridized carbons (Fsp3) is 0.0556. The Morgan fingerprint density at radius 3 is 2.40 bits per heavy atom. The molecule has 1 amide bonds. The van der Waals surface area contributed by atoms with Crippen LogP contribution in [0.15, 0.2) is 60.9 Å². The molecule has 25 heavy (non-hydrogen) atoms. The molecular formula is C18H14ClFN4O. The van der Waals surface area contributed by atoms with Gasteiger partial charge in [0.05, 0.1) is 5.56 Å². The topological polar surface area (TPSA) is 66.9 Å². The second-order valence-corrected chi connectivity index (χ2v) is 5.61. The summed E-state index contributed by atoms with van der Waals surface area (Å²) in [6.45, 7) is 0.473. The molecule has 0 aliphatic rings. The van der Waals surface area contributed by atoms with E-state index >= 15 is 0 Å². The first-order valence-electron chi connectivity index (χ1n) is 7.48. The SMILES string of the molecule is O=C(Nc1ccc(F)cc1)c1cnc(NCc2ccccc2Cl)nc1. The molecule has 126 valence electrons. The van der Waals surface area contributed by atoms with E-state index in [2.05, 4.69) is 20.6 Å². The number of halogens is 2. The molecule has 0 unspecified atom stereocenters. The number of carbonyl (C=O) groups is 1. The average Bonchev–Trinajstić information content (AvgIpc) is 2.63. The van der Waals surface area contributed by atoms with Crippen LogP contribution in [0.5, 0.6) is 0 Å². The van der Waals surface area contributed by atoms with Crippen molar-refractivity contribution in [2.75, 3.05) is 10.6 Å². The smallest absolute Gasteiger partial charge is 0.258 e. The highest BCUT2D eigenvalue weighted by Gasteiger charge is 2.08. The number of rotatable bonds is 5. The first kappa shape index (κ1) is 16.9.